The summed E-state index contributed by atoms with van der Waals surface area (Å²) in [7, 11) is 1.69. The summed E-state index contributed by atoms with van der Waals surface area (Å²) in [6.45, 7) is 4.43. The van der Waals surface area contributed by atoms with Gasteiger partial charge in [0.2, 0.25) is 0 Å². The lowest BCUT2D eigenvalue weighted by molar-refractivity contribution is 0.250. The summed E-state index contributed by atoms with van der Waals surface area (Å²) in [5.41, 5.74) is 7.95. The van der Waals surface area contributed by atoms with Gasteiger partial charge in [0.05, 0.1) is 7.11 Å². The Kier molecular flexibility index (Phi) is 4.48. The van der Waals surface area contributed by atoms with E-state index >= 15 is 0 Å². The van der Waals surface area contributed by atoms with Crippen LogP contribution in [0.15, 0.2) is 18.2 Å². The number of hydrogen-bond acceptors (Lipinski definition) is 3. The molecule has 1 aliphatic carbocycles. The van der Waals surface area contributed by atoms with E-state index in [9.17, 15) is 0 Å². The summed E-state index contributed by atoms with van der Waals surface area (Å²) in [6, 6.07) is 6.82. The molecule has 0 bridgehead atoms. The second kappa shape index (κ2) is 6.10. The van der Waals surface area contributed by atoms with E-state index in [1.807, 2.05) is 6.07 Å². The van der Waals surface area contributed by atoms with Crippen LogP contribution in [-0.4, -0.2) is 24.6 Å². The zero-order valence-corrected chi connectivity index (χ0v) is 11.5. The van der Waals surface area contributed by atoms with Gasteiger partial charge < -0.3 is 10.5 Å². The Morgan fingerprint density at radius 3 is 2.72 bits per heavy atom. The van der Waals surface area contributed by atoms with Crippen molar-refractivity contribution in [2.24, 2.45) is 0 Å². The monoisotopic (exact) mass is 248 g/mol. The Bertz CT molecular complexity index is 388. The Morgan fingerprint density at radius 1 is 1.33 bits per heavy atom. The third-order valence-corrected chi connectivity index (χ3v) is 3.47. The number of anilines is 1. The molecule has 0 atom stereocenters. The quantitative estimate of drug-likeness (QED) is 0.754. The normalized spacial score (nSPS) is 15.1. The molecule has 1 saturated carbocycles. The lowest BCUT2D eigenvalue weighted by atomic mass is 10.1. The number of rotatable bonds is 7. The molecule has 0 spiro atoms. The summed E-state index contributed by atoms with van der Waals surface area (Å²) in [5.74, 6) is 0.858. The molecule has 3 heteroatoms. The predicted octanol–water partition coefficient (Wildman–Crippen LogP) is 3.04. The molecule has 0 amide bonds. The lowest BCUT2D eigenvalue weighted by Gasteiger charge is -2.22. The van der Waals surface area contributed by atoms with Crippen LogP contribution in [0, 0.1) is 0 Å². The van der Waals surface area contributed by atoms with Crippen LogP contribution in [0.2, 0.25) is 0 Å². The maximum absolute atomic E-state index is 5.90. The summed E-state index contributed by atoms with van der Waals surface area (Å²) < 4.78 is 5.28. The van der Waals surface area contributed by atoms with Crippen LogP contribution in [0.25, 0.3) is 0 Å². The van der Waals surface area contributed by atoms with Gasteiger partial charge in [0.1, 0.15) is 5.75 Å². The van der Waals surface area contributed by atoms with E-state index < -0.39 is 0 Å². The molecule has 2 N–H and O–H groups in total. The molecule has 1 aromatic carbocycles. The lowest BCUT2D eigenvalue weighted by Crippen LogP contribution is -2.26. The molecular weight excluding hydrogens is 224 g/mol. The molecule has 1 aromatic rings. The maximum atomic E-state index is 5.90. The second-order valence-corrected chi connectivity index (χ2v) is 5.17. The largest absolute Gasteiger partial charge is 0.497 e. The highest BCUT2D eigenvalue weighted by molar-refractivity contribution is 5.47. The van der Waals surface area contributed by atoms with Gasteiger partial charge in [0.15, 0.2) is 0 Å². The fraction of sp³-hybridized carbons (Fsp3) is 0.600. The predicted molar refractivity (Wildman–Crippen MR) is 75.7 cm³/mol. The highest BCUT2D eigenvalue weighted by Gasteiger charge is 2.28. The molecule has 0 radical (unpaired) electrons. The van der Waals surface area contributed by atoms with Gasteiger partial charge in [0, 0.05) is 24.3 Å². The fourth-order valence-corrected chi connectivity index (χ4v) is 2.32. The number of nitrogen functional groups attached to an aromatic ring is 1. The first kappa shape index (κ1) is 13.2. The van der Waals surface area contributed by atoms with Crippen molar-refractivity contribution in [3.8, 4) is 5.75 Å². The van der Waals surface area contributed by atoms with E-state index in [-0.39, 0.29) is 0 Å². The highest BCUT2D eigenvalue weighted by Crippen LogP contribution is 2.29. The number of nitrogens with two attached hydrogens (primary N) is 1. The molecule has 3 nitrogen and oxygen atoms in total. The average molecular weight is 248 g/mol. The van der Waals surface area contributed by atoms with Crippen LogP contribution < -0.4 is 10.5 Å². The number of unbranched alkanes of at least 4 members (excludes halogenated alkanes) is 1. The molecule has 18 heavy (non-hydrogen) atoms. The molecular formula is C15H24N2O. The molecule has 0 saturated heterocycles. The van der Waals surface area contributed by atoms with E-state index in [2.05, 4.69) is 24.0 Å². The standard InChI is InChI=1S/C15H24N2O/c1-3-4-7-17(14-5-6-14)11-12-8-13(16)10-15(9-12)18-2/h8-10,14H,3-7,11,16H2,1-2H3. The molecule has 100 valence electrons. The van der Waals surface area contributed by atoms with Gasteiger partial charge in [-0.05, 0) is 43.5 Å². The number of nitrogens with zero attached hydrogens (tertiary/aromatic N) is 1. The van der Waals surface area contributed by atoms with Crippen LogP contribution >= 0.6 is 0 Å². The van der Waals surface area contributed by atoms with Crippen molar-refractivity contribution in [3.05, 3.63) is 23.8 Å². The summed E-state index contributed by atoms with van der Waals surface area (Å²) in [6.07, 6.45) is 5.23. The molecule has 0 heterocycles. The first-order valence-electron chi connectivity index (χ1n) is 6.90. The van der Waals surface area contributed by atoms with Crippen LogP contribution in [0.3, 0.4) is 0 Å². The van der Waals surface area contributed by atoms with E-state index in [4.69, 9.17) is 10.5 Å². The van der Waals surface area contributed by atoms with E-state index in [0.717, 1.165) is 24.0 Å². The minimum absolute atomic E-state index is 0.788. The molecule has 0 unspecified atom stereocenters. The minimum atomic E-state index is 0.788. The first-order chi connectivity index (χ1) is 8.72. The van der Waals surface area contributed by atoms with Crippen molar-refractivity contribution in [1.29, 1.82) is 0 Å². The van der Waals surface area contributed by atoms with Gasteiger partial charge in [-0.15, -0.1) is 0 Å². The highest BCUT2D eigenvalue weighted by atomic mass is 16.5. The number of benzene rings is 1. The Hall–Kier alpha value is -1.22. The summed E-state index contributed by atoms with van der Waals surface area (Å²) in [5, 5.41) is 0. The van der Waals surface area contributed by atoms with E-state index in [1.165, 1.54) is 37.8 Å². The molecule has 0 aromatic heterocycles. The van der Waals surface area contributed by atoms with Gasteiger partial charge in [0.25, 0.3) is 0 Å². The zero-order valence-electron chi connectivity index (χ0n) is 11.5. The zero-order chi connectivity index (χ0) is 13.0. The van der Waals surface area contributed by atoms with E-state index in [0.29, 0.717) is 0 Å². The molecule has 2 rings (SSSR count). The van der Waals surface area contributed by atoms with Crippen molar-refractivity contribution in [1.82, 2.24) is 4.90 Å². The van der Waals surface area contributed by atoms with Crippen molar-refractivity contribution >= 4 is 5.69 Å². The number of ether oxygens (including phenoxy) is 1. The number of methoxy groups -OCH3 is 1. The van der Waals surface area contributed by atoms with Gasteiger partial charge >= 0.3 is 0 Å². The maximum Gasteiger partial charge on any atom is 0.121 e. The molecule has 1 aliphatic rings. The van der Waals surface area contributed by atoms with Gasteiger partial charge in [-0.2, -0.15) is 0 Å². The molecule has 0 aliphatic heterocycles. The van der Waals surface area contributed by atoms with Gasteiger partial charge in [-0.3, -0.25) is 4.90 Å². The summed E-state index contributed by atoms with van der Waals surface area (Å²) in [4.78, 5) is 2.58. The van der Waals surface area contributed by atoms with Gasteiger partial charge in [-0.1, -0.05) is 13.3 Å². The Balaban J connectivity index is 2.03. The van der Waals surface area contributed by atoms with Crippen molar-refractivity contribution < 1.29 is 4.74 Å². The van der Waals surface area contributed by atoms with Crippen LogP contribution in [0.1, 0.15) is 38.2 Å². The summed E-state index contributed by atoms with van der Waals surface area (Å²) >= 11 is 0. The average Bonchev–Trinajstić information content (AvgIpc) is 3.18. The van der Waals surface area contributed by atoms with Crippen LogP contribution in [-0.2, 0) is 6.54 Å². The third-order valence-electron chi connectivity index (χ3n) is 3.47. The third kappa shape index (κ3) is 3.64. The van der Waals surface area contributed by atoms with Crippen LogP contribution in [0.4, 0.5) is 5.69 Å². The number of hydrogen-bond donors (Lipinski definition) is 1. The Labute approximate surface area is 110 Å². The smallest absolute Gasteiger partial charge is 0.121 e. The van der Waals surface area contributed by atoms with Crippen molar-refractivity contribution in [3.63, 3.8) is 0 Å². The van der Waals surface area contributed by atoms with E-state index in [1.54, 1.807) is 7.11 Å². The Morgan fingerprint density at radius 2 is 2.11 bits per heavy atom. The second-order valence-electron chi connectivity index (χ2n) is 5.17. The van der Waals surface area contributed by atoms with Gasteiger partial charge in [-0.25, -0.2) is 0 Å². The SMILES string of the molecule is CCCCN(Cc1cc(N)cc(OC)c1)C1CC1. The minimum Gasteiger partial charge on any atom is -0.497 e. The van der Waals surface area contributed by atoms with Crippen molar-refractivity contribution in [2.75, 3.05) is 19.4 Å². The fourth-order valence-electron chi connectivity index (χ4n) is 2.32. The topological polar surface area (TPSA) is 38.5 Å². The van der Waals surface area contributed by atoms with Crippen LogP contribution in [0.5, 0.6) is 5.75 Å². The first-order valence-corrected chi connectivity index (χ1v) is 6.90. The molecule has 1 fully saturated rings. The van der Waals surface area contributed by atoms with Crippen molar-refractivity contribution in [2.45, 2.75) is 45.2 Å².